The van der Waals surface area contributed by atoms with Crippen LogP contribution in [0.5, 0.6) is 5.75 Å². The molecule has 3 aromatic rings. The Balaban J connectivity index is 1.73. The van der Waals surface area contributed by atoms with Gasteiger partial charge in [0.15, 0.2) is 11.6 Å². The molecule has 186 valence electrons. The van der Waals surface area contributed by atoms with Crippen LogP contribution in [0.2, 0.25) is 0 Å². The number of carboxylic acids is 1. The highest BCUT2D eigenvalue weighted by Gasteiger charge is 2.34. The Hall–Kier alpha value is -3.81. The fraction of sp³-hybridized carbons (Fsp3) is 0.286. The molecule has 0 unspecified atom stereocenters. The van der Waals surface area contributed by atoms with Crippen LogP contribution in [0.4, 0.5) is 18.9 Å². The maximum Gasteiger partial charge on any atom is 0.307 e. The minimum absolute atomic E-state index is 0.153. The van der Waals surface area contributed by atoms with Gasteiger partial charge in [-0.2, -0.15) is 0 Å². The number of hydrogen-bond acceptors (Lipinski definition) is 3. The summed E-state index contributed by atoms with van der Waals surface area (Å²) in [6, 6.07) is 6.29. The number of rotatable bonds is 4. The van der Waals surface area contributed by atoms with Crippen molar-refractivity contribution in [2.24, 2.45) is 0 Å². The third-order valence-corrected chi connectivity index (χ3v) is 7.07. The van der Waals surface area contributed by atoms with E-state index in [1.807, 2.05) is 6.92 Å². The van der Waals surface area contributed by atoms with Gasteiger partial charge < -0.3 is 14.7 Å². The number of aryl methyl sites for hydroxylation is 1. The normalized spacial score (nSPS) is 14.3. The molecule has 3 aromatic carbocycles. The van der Waals surface area contributed by atoms with E-state index in [9.17, 15) is 23.5 Å². The Morgan fingerprint density at radius 3 is 2.44 bits per heavy atom. The summed E-state index contributed by atoms with van der Waals surface area (Å²) in [5.74, 6) is -4.08. The van der Waals surface area contributed by atoms with Crippen LogP contribution in [0.15, 0.2) is 30.3 Å². The van der Waals surface area contributed by atoms with Crippen molar-refractivity contribution in [1.82, 2.24) is 0 Å². The molecule has 0 atom stereocenters. The molecule has 8 heteroatoms. The van der Waals surface area contributed by atoms with E-state index in [0.29, 0.717) is 53.0 Å². The van der Waals surface area contributed by atoms with Crippen molar-refractivity contribution < 1.29 is 32.6 Å². The molecule has 2 aliphatic heterocycles. The lowest BCUT2D eigenvalue weighted by molar-refractivity contribution is -0.136. The number of nitrogens with zero attached hydrogens (tertiary/aromatic N) is 1. The fourth-order valence-corrected chi connectivity index (χ4v) is 5.39. The monoisotopic (exact) mass is 495 g/mol. The Bertz CT molecular complexity index is 1410. The molecule has 5 nitrogen and oxygen atoms in total. The molecule has 0 aliphatic carbocycles. The number of anilines is 1. The van der Waals surface area contributed by atoms with Gasteiger partial charge in [0.2, 0.25) is 0 Å². The second-order valence-corrected chi connectivity index (χ2v) is 9.21. The summed E-state index contributed by atoms with van der Waals surface area (Å²) in [6.07, 6.45) is 1.40. The average Bonchev–Trinajstić information content (AvgIpc) is 3.25. The minimum atomic E-state index is -1.04. The number of carbonyl (C=O) groups is 2. The van der Waals surface area contributed by atoms with E-state index in [2.05, 4.69) is 0 Å². The van der Waals surface area contributed by atoms with E-state index in [-0.39, 0.29) is 18.7 Å². The molecule has 0 radical (unpaired) electrons. The molecule has 0 spiro atoms. The fourth-order valence-electron chi connectivity index (χ4n) is 5.39. The number of fused-ring (bicyclic) bond motifs is 2. The number of amides is 1. The summed E-state index contributed by atoms with van der Waals surface area (Å²) < 4.78 is 49.6. The summed E-state index contributed by atoms with van der Waals surface area (Å²) in [7, 11) is 0. The molecular formula is C28H24F3NO4. The van der Waals surface area contributed by atoms with Gasteiger partial charge in [0.05, 0.1) is 13.0 Å². The zero-order chi connectivity index (χ0) is 25.7. The zero-order valence-electron chi connectivity index (χ0n) is 19.9. The summed E-state index contributed by atoms with van der Waals surface area (Å²) in [5.41, 5.74) is 4.19. The third-order valence-electron chi connectivity index (χ3n) is 7.07. The van der Waals surface area contributed by atoms with Crippen LogP contribution < -0.4 is 9.64 Å². The SMILES string of the molecule is Cc1cc2c(c(-c3cc(F)c4c(c3C)CCCO4)c1CC(=O)O)CCN2C(=O)c1c(F)cccc1F. The van der Waals surface area contributed by atoms with Gasteiger partial charge in [0.25, 0.3) is 5.91 Å². The smallest absolute Gasteiger partial charge is 0.307 e. The predicted molar refractivity (Wildman–Crippen MR) is 128 cm³/mol. The topological polar surface area (TPSA) is 66.8 Å². The van der Waals surface area contributed by atoms with E-state index in [1.54, 1.807) is 13.0 Å². The van der Waals surface area contributed by atoms with Crippen molar-refractivity contribution in [1.29, 1.82) is 0 Å². The summed E-state index contributed by atoms with van der Waals surface area (Å²) >= 11 is 0. The van der Waals surface area contributed by atoms with Gasteiger partial charge >= 0.3 is 5.97 Å². The molecule has 0 fully saturated rings. The van der Waals surface area contributed by atoms with Crippen LogP contribution in [0.3, 0.4) is 0 Å². The van der Waals surface area contributed by atoms with Gasteiger partial charge in [-0.1, -0.05) is 6.07 Å². The maximum absolute atomic E-state index is 15.2. The Morgan fingerprint density at radius 2 is 1.75 bits per heavy atom. The first-order valence-corrected chi connectivity index (χ1v) is 11.8. The molecule has 0 saturated carbocycles. The molecule has 5 rings (SSSR count). The Labute approximate surface area is 206 Å². The van der Waals surface area contributed by atoms with Crippen molar-refractivity contribution in [3.8, 4) is 16.9 Å². The Morgan fingerprint density at radius 1 is 1.03 bits per heavy atom. The Kier molecular flexibility index (Phi) is 5.98. The molecule has 2 heterocycles. The van der Waals surface area contributed by atoms with Gasteiger partial charge in [-0.15, -0.1) is 0 Å². The third kappa shape index (κ3) is 3.81. The van der Waals surface area contributed by atoms with Crippen LogP contribution in [-0.4, -0.2) is 30.1 Å². The summed E-state index contributed by atoms with van der Waals surface area (Å²) in [5, 5.41) is 9.64. The summed E-state index contributed by atoms with van der Waals surface area (Å²) in [6.45, 7) is 4.16. The predicted octanol–water partition coefficient (Wildman–Crippen LogP) is 5.54. The standard InChI is InChI=1S/C28H24F3NO4/c1-14-11-23-17(8-9-32(23)28(35)26-20(29)6-3-7-21(26)30)25(18(14)13-24(33)34)19-12-22(31)27-16(15(19)2)5-4-10-36-27/h3,6-7,11-12H,4-5,8-10,13H2,1-2H3,(H,33,34). The number of carboxylic acid groups (broad SMARTS) is 1. The highest BCUT2D eigenvalue weighted by Crippen LogP contribution is 2.45. The maximum atomic E-state index is 15.2. The van der Waals surface area contributed by atoms with Crippen molar-refractivity contribution in [3.05, 3.63) is 81.2 Å². The molecule has 2 aliphatic rings. The molecule has 0 bridgehead atoms. The van der Waals surface area contributed by atoms with Crippen LogP contribution in [0.1, 0.15) is 44.6 Å². The number of hydrogen-bond donors (Lipinski definition) is 1. The quantitative estimate of drug-likeness (QED) is 0.516. The molecule has 0 saturated heterocycles. The number of aliphatic carboxylic acids is 1. The van der Waals surface area contributed by atoms with Gasteiger partial charge in [0, 0.05) is 17.8 Å². The van der Waals surface area contributed by atoms with Crippen LogP contribution >= 0.6 is 0 Å². The highest BCUT2D eigenvalue weighted by molar-refractivity contribution is 6.08. The minimum Gasteiger partial charge on any atom is -0.490 e. The van der Waals surface area contributed by atoms with E-state index in [0.717, 1.165) is 29.7 Å². The molecule has 0 aromatic heterocycles. The molecule has 36 heavy (non-hydrogen) atoms. The van der Waals surface area contributed by atoms with Crippen LogP contribution in [-0.2, 0) is 24.1 Å². The zero-order valence-corrected chi connectivity index (χ0v) is 19.9. The van der Waals surface area contributed by atoms with Crippen LogP contribution in [0, 0.1) is 31.3 Å². The number of halogens is 3. The van der Waals surface area contributed by atoms with Gasteiger partial charge in [-0.3, -0.25) is 9.59 Å². The van der Waals surface area contributed by atoms with Gasteiger partial charge in [-0.25, -0.2) is 13.2 Å². The lowest BCUT2D eigenvalue weighted by Gasteiger charge is -2.25. The molecule has 1 amide bonds. The number of ether oxygens (including phenoxy) is 1. The largest absolute Gasteiger partial charge is 0.490 e. The number of carbonyl (C=O) groups excluding carboxylic acids is 1. The van der Waals surface area contributed by atoms with Crippen molar-refractivity contribution >= 4 is 17.6 Å². The lowest BCUT2D eigenvalue weighted by atomic mass is 9.84. The summed E-state index contributed by atoms with van der Waals surface area (Å²) in [4.78, 5) is 26.4. The highest BCUT2D eigenvalue weighted by atomic mass is 19.1. The average molecular weight is 495 g/mol. The van der Waals surface area contributed by atoms with E-state index in [1.165, 1.54) is 17.0 Å². The van der Waals surface area contributed by atoms with Crippen molar-refractivity contribution in [2.75, 3.05) is 18.1 Å². The van der Waals surface area contributed by atoms with Gasteiger partial charge in [0.1, 0.15) is 17.2 Å². The van der Waals surface area contributed by atoms with E-state index in [4.69, 9.17) is 4.74 Å². The van der Waals surface area contributed by atoms with Crippen molar-refractivity contribution in [3.63, 3.8) is 0 Å². The first-order chi connectivity index (χ1) is 17.2. The first kappa shape index (κ1) is 23.9. The number of benzene rings is 3. The van der Waals surface area contributed by atoms with Gasteiger partial charge in [-0.05, 0) is 90.8 Å². The van der Waals surface area contributed by atoms with Crippen molar-refractivity contribution in [2.45, 2.75) is 39.5 Å². The second-order valence-electron chi connectivity index (χ2n) is 9.21. The van der Waals surface area contributed by atoms with Crippen LogP contribution in [0.25, 0.3) is 11.1 Å². The first-order valence-electron chi connectivity index (χ1n) is 11.8. The van der Waals surface area contributed by atoms with E-state index >= 15 is 4.39 Å². The van der Waals surface area contributed by atoms with E-state index < -0.39 is 34.9 Å². The lowest BCUT2D eigenvalue weighted by Crippen LogP contribution is -2.30. The molecule has 1 N–H and O–H groups in total. The second kappa shape index (κ2) is 9.00. The molecular weight excluding hydrogens is 471 g/mol.